The third-order valence-electron chi connectivity index (χ3n) is 6.38. The van der Waals surface area contributed by atoms with Crippen LogP contribution in [-0.4, -0.2) is 39.2 Å². The van der Waals surface area contributed by atoms with E-state index < -0.39 is 8.07 Å². The van der Waals surface area contributed by atoms with Crippen molar-refractivity contribution in [2.75, 3.05) is 0 Å². The average Bonchev–Trinajstić information content (AvgIpc) is 2.91. The third-order valence-corrected chi connectivity index (χ3v) is 21.4. The van der Waals surface area contributed by atoms with Crippen molar-refractivity contribution in [3.63, 3.8) is 0 Å². The van der Waals surface area contributed by atoms with Crippen LogP contribution < -0.4 is 5.19 Å². The van der Waals surface area contributed by atoms with E-state index in [4.69, 9.17) is 4.99 Å². The fraction of sp³-hybridized carbons (Fsp3) is 0.333. The number of carbonyl (C=O) groups is 1. The molecule has 1 aromatic heterocycles. The van der Waals surface area contributed by atoms with Gasteiger partial charge in [-0.3, -0.25) is 0 Å². The second-order valence-electron chi connectivity index (χ2n) is 10.2. The van der Waals surface area contributed by atoms with Crippen LogP contribution in [0.2, 0.25) is 10.1 Å². The summed E-state index contributed by atoms with van der Waals surface area (Å²) in [6.07, 6.45) is 5.31. The molecular weight excluding hydrogens is 728 g/mol. The summed E-state index contributed by atoms with van der Waals surface area (Å²) in [5, 5.41) is 13.3. The molecule has 1 aliphatic heterocycles. The van der Waals surface area contributed by atoms with Gasteiger partial charge in [0.05, 0.1) is 0 Å². The summed E-state index contributed by atoms with van der Waals surface area (Å²) in [5.41, 5.74) is 2.71. The van der Waals surface area contributed by atoms with Gasteiger partial charge in [0.25, 0.3) is 0 Å². The minimum atomic E-state index is -2.71. The van der Waals surface area contributed by atoms with Gasteiger partial charge in [0, 0.05) is 0 Å². The Hall–Kier alpha value is -0.254. The van der Waals surface area contributed by atoms with E-state index in [1.165, 1.54) is 3.35 Å². The predicted octanol–water partition coefficient (Wildman–Crippen LogP) is 7.19. The quantitative estimate of drug-likeness (QED) is 0.191. The fourth-order valence-electron chi connectivity index (χ4n) is 5.67. The second-order valence-corrected chi connectivity index (χ2v) is 21.8. The maximum absolute atomic E-state index is 12.6. The number of fused-ring (bicyclic) bond motifs is 2. The standard InChI is InChI=1S/C24H24Br2INO2SeSi/c1-23(2,3)32(24(4,5)6)16-11-12(29)7-8-13(16)28-14-9-10-15(30)17(21(14)32)20-18(25)19(27)22(26)31-20/h7-11,30H,1-6H3. The van der Waals surface area contributed by atoms with Crippen molar-refractivity contribution in [2.45, 2.75) is 51.6 Å². The Labute approximate surface area is 226 Å². The monoisotopic (exact) mass is 751 g/mol. The van der Waals surface area contributed by atoms with Crippen molar-refractivity contribution >= 4 is 99.4 Å². The molecule has 3 nitrogen and oxygen atoms in total. The van der Waals surface area contributed by atoms with Crippen molar-refractivity contribution in [2.24, 2.45) is 4.99 Å². The second kappa shape index (κ2) is 8.16. The van der Waals surface area contributed by atoms with Crippen LogP contribution in [0.4, 0.5) is 5.69 Å². The molecular formula is C24H24Br2INO2SeSi. The number of benzene rings is 1. The molecule has 2 aromatic rings. The van der Waals surface area contributed by atoms with E-state index in [2.05, 4.69) is 96.0 Å². The van der Waals surface area contributed by atoms with Crippen molar-refractivity contribution in [1.29, 1.82) is 0 Å². The zero-order valence-corrected chi connectivity index (χ0v) is 26.8. The van der Waals surface area contributed by atoms with Crippen molar-refractivity contribution in [3.05, 3.63) is 46.9 Å². The van der Waals surface area contributed by atoms with Crippen molar-refractivity contribution < 1.29 is 9.90 Å². The van der Waals surface area contributed by atoms with Crippen LogP contribution in [0.1, 0.15) is 41.5 Å². The molecule has 8 heteroatoms. The number of allylic oxidation sites excluding steroid dienone is 4. The van der Waals surface area contributed by atoms with Gasteiger partial charge in [-0.25, -0.2) is 0 Å². The molecule has 0 amide bonds. The van der Waals surface area contributed by atoms with Crippen molar-refractivity contribution in [3.8, 4) is 15.8 Å². The molecule has 2 heterocycles. The molecule has 2 aliphatic rings. The summed E-state index contributed by atoms with van der Waals surface area (Å²) in [7, 11) is -2.71. The van der Waals surface area contributed by atoms with Crippen LogP contribution in [0, 0.1) is 3.57 Å². The van der Waals surface area contributed by atoms with Crippen molar-refractivity contribution in [1.82, 2.24) is 0 Å². The Balaban J connectivity index is 2.28. The van der Waals surface area contributed by atoms with E-state index in [1.807, 2.05) is 18.2 Å². The molecule has 4 rings (SSSR count). The van der Waals surface area contributed by atoms with Crippen LogP contribution in [-0.2, 0) is 4.79 Å². The molecule has 1 N–H and O–H groups in total. The number of hydrogen-bond donors (Lipinski definition) is 1. The van der Waals surface area contributed by atoms with Gasteiger partial charge in [-0.2, -0.15) is 0 Å². The number of aromatic hydroxyl groups is 1. The minimum absolute atomic E-state index is 0.0129. The zero-order chi connectivity index (χ0) is 23.8. The van der Waals surface area contributed by atoms with Gasteiger partial charge < -0.3 is 0 Å². The Morgan fingerprint density at radius 2 is 1.69 bits per heavy atom. The van der Waals surface area contributed by atoms with Gasteiger partial charge >= 0.3 is 229 Å². The molecule has 0 atom stereocenters. The molecule has 0 saturated heterocycles. The van der Waals surface area contributed by atoms with Crippen LogP contribution in [0.5, 0.6) is 5.75 Å². The first-order valence-corrected chi connectivity index (χ1v) is 16.6. The predicted molar refractivity (Wildman–Crippen MR) is 153 cm³/mol. The number of aliphatic imine (C=N–C) groups is 1. The molecule has 0 fully saturated rings. The van der Waals surface area contributed by atoms with Gasteiger partial charge in [0.15, 0.2) is 0 Å². The number of halogens is 3. The fourth-order valence-corrected chi connectivity index (χ4v) is 19.0. The molecule has 0 radical (unpaired) electrons. The molecule has 0 unspecified atom stereocenters. The maximum atomic E-state index is 12.6. The van der Waals surface area contributed by atoms with E-state index in [0.29, 0.717) is 0 Å². The number of carbonyl (C=O) groups excluding carboxylic acids is 1. The Morgan fingerprint density at radius 3 is 2.22 bits per heavy atom. The van der Waals surface area contributed by atoms with E-state index in [-0.39, 0.29) is 36.1 Å². The van der Waals surface area contributed by atoms with E-state index >= 15 is 0 Å². The van der Waals surface area contributed by atoms with Gasteiger partial charge in [-0.05, 0) is 0 Å². The van der Waals surface area contributed by atoms with Gasteiger partial charge in [-0.1, -0.05) is 0 Å². The Bertz CT molecular complexity index is 1250. The van der Waals surface area contributed by atoms with Gasteiger partial charge in [-0.15, -0.1) is 0 Å². The van der Waals surface area contributed by atoms with Crippen LogP contribution in [0.25, 0.3) is 10.0 Å². The summed E-state index contributed by atoms with van der Waals surface area (Å²) >= 11 is 9.93. The Morgan fingerprint density at radius 1 is 1.06 bits per heavy atom. The molecule has 0 spiro atoms. The molecule has 32 heavy (non-hydrogen) atoms. The molecule has 1 aliphatic carbocycles. The third kappa shape index (κ3) is 3.50. The summed E-state index contributed by atoms with van der Waals surface area (Å²) in [5.74, 6) is 0.296. The summed E-state index contributed by atoms with van der Waals surface area (Å²) < 4.78 is 4.47. The number of ketones is 1. The summed E-state index contributed by atoms with van der Waals surface area (Å²) in [6, 6.07) is 3.73. The first-order chi connectivity index (χ1) is 14.7. The zero-order valence-electron chi connectivity index (χ0n) is 18.7. The Kier molecular flexibility index (Phi) is 6.34. The van der Waals surface area contributed by atoms with E-state index in [9.17, 15) is 9.90 Å². The number of hydrogen-bond acceptors (Lipinski definition) is 3. The number of phenols is 1. The number of rotatable bonds is 1. The van der Waals surface area contributed by atoms with Crippen LogP contribution in [0.3, 0.4) is 0 Å². The topological polar surface area (TPSA) is 49.7 Å². The number of phenolic OH excluding ortho intramolecular Hbond substituents is 1. The van der Waals surface area contributed by atoms with Crippen LogP contribution >= 0.6 is 54.5 Å². The van der Waals surface area contributed by atoms with Gasteiger partial charge in [0.2, 0.25) is 0 Å². The number of nitrogens with zero attached hydrogens (tertiary/aromatic N) is 1. The molecule has 1 aromatic carbocycles. The first-order valence-electron chi connectivity index (χ1n) is 10.2. The normalized spacial score (nSPS) is 17.6. The average molecular weight is 752 g/mol. The molecule has 0 bridgehead atoms. The summed E-state index contributed by atoms with van der Waals surface area (Å²) in [6.45, 7) is 13.7. The molecule has 168 valence electrons. The summed E-state index contributed by atoms with van der Waals surface area (Å²) in [4.78, 5) is 17.7. The molecule has 0 saturated carbocycles. The van der Waals surface area contributed by atoms with Gasteiger partial charge in [0.1, 0.15) is 0 Å². The van der Waals surface area contributed by atoms with Crippen LogP contribution in [0.15, 0.2) is 48.4 Å². The van der Waals surface area contributed by atoms with E-state index in [0.717, 1.165) is 39.8 Å². The first kappa shape index (κ1) is 24.9. The SMILES string of the molecule is CC(C)(C)[Si]1(C(C)(C)C)C2=CC(=O)C=CC2=Nc2ccc(O)c(-c3[se]c(Br)c(I)c3Br)c21. The van der Waals surface area contributed by atoms with E-state index in [1.54, 1.807) is 12.1 Å².